The van der Waals surface area contributed by atoms with Crippen LogP contribution in [0, 0.1) is 11.7 Å². The van der Waals surface area contributed by atoms with Gasteiger partial charge in [-0.2, -0.15) is 0 Å². The van der Waals surface area contributed by atoms with Crippen molar-refractivity contribution in [2.75, 3.05) is 0 Å². The summed E-state index contributed by atoms with van der Waals surface area (Å²) in [4.78, 5) is 0. The lowest BCUT2D eigenvalue weighted by Gasteiger charge is -2.18. The van der Waals surface area contributed by atoms with Gasteiger partial charge in [0.25, 0.3) is 0 Å². The second kappa shape index (κ2) is 6.86. The minimum absolute atomic E-state index is 0.168. The van der Waals surface area contributed by atoms with E-state index in [1.807, 2.05) is 6.07 Å². The van der Waals surface area contributed by atoms with Gasteiger partial charge in [-0.25, -0.2) is 4.39 Å². The molecule has 1 unspecified atom stereocenters. The highest BCUT2D eigenvalue weighted by atomic mass is 19.1. The van der Waals surface area contributed by atoms with Gasteiger partial charge >= 0.3 is 0 Å². The molecule has 0 spiro atoms. The Labute approximate surface area is 109 Å². The van der Waals surface area contributed by atoms with Crippen molar-refractivity contribution in [3.63, 3.8) is 0 Å². The van der Waals surface area contributed by atoms with Crippen LogP contribution in [0.25, 0.3) is 0 Å². The Morgan fingerprint density at radius 1 is 1.33 bits per heavy atom. The van der Waals surface area contributed by atoms with E-state index in [1.165, 1.54) is 38.2 Å². The highest BCUT2D eigenvalue weighted by molar-refractivity contribution is 5.17. The summed E-state index contributed by atoms with van der Waals surface area (Å²) in [6, 6.07) is 7.05. The zero-order valence-electron chi connectivity index (χ0n) is 10.9. The number of rotatable bonds is 6. The Hall–Kier alpha value is -0.930. The molecule has 18 heavy (non-hydrogen) atoms. The zero-order chi connectivity index (χ0) is 12.8. The summed E-state index contributed by atoms with van der Waals surface area (Å²) in [5.74, 6) is 6.31. The van der Waals surface area contributed by atoms with Crippen LogP contribution in [0.4, 0.5) is 4.39 Å². The normalized spacial score (nSPS) is 18.1. The SMILES string of the molecule is NNC(CCC1CCCC1)Cc1cccc(F)c1. The maximum absolute atomic E-state index is 13.1. The molecule has 100 valence electrons. The average molecular weight is 250 g/mol. The van der Waals surface area contributed by atoms with E-state index in [-0.39, 0.29) is 11.9 Å². The first-order chi connectivity index (χ1) is 8.78. The zero-order valence-corrected chi connectivity index (χ0v) is 10.9. The van der Waals surface area contributed by atoms with E-state index in [0.29, 0.717) is 0 Å². The number of hydrogen-bond donors (Lipinski definition) is 2. The van der Waals surface area contributed by atoms with Crippen LogP contribution in [-0.4, -0.2) is 6.04 Å². The number of nitrogens with one attached hydrogen (secondary N) is 1. The summed E-state index contributed by atoms with van der Waals surface area (Å²) in [5.41, 5.74) is 3.89. The van der Waals surface area contributed by atoms with Gasteiger partial charge in [0.1, 0.15) is 5.82 Å². The van der Waals surface area contributed by atoms with Gasteiger partial charge in [0.2, 0.25) is 0 Å². The smallest absolute Gasteiger partial charge is 0.123 e. The lowest BCUT2D eigenvalue weighted by atomic mass is 9.95. The van der Waals surface area contributed by atoms with Crippen LogP contribution in [0.1, 0.15) is 44.1 Å². The van der Waals surface area contributed by atoms with Crippen molar-refractivity contribution in [1.82, 2.24) is 5.43 Å². The molecular weight excluding hydrogens is 227 g/mol. The summed E-state index contributed by atoms with van der Waals surface area (Å²) < 4.78 is 13.1. The van der Waals surface area contributed by atoms with E-state index < -0.39 is 0 Å². The van der Waals surface area contributed by atoms with Crippen molar-refractivity contribution in [2.24, 2.45) is 11.8 Å². The predicted molar refractivity (Wildman–Crippen MR) is 72.4 cm³/mol. The quantitative estimate of drug-likeness (QED) is 0.601. The first-order valence-corrected chi connectivity index (χ1v) is 6.98. The molecule has 3 N–H and O–H groups in total. The van der Waals surface area contributed by atoms with Crippen LogP contribution in [-0.2, 0) is 6.42 Å². The van der Waals surface area contributed by atoms with E-state index in [0.717, 1.165) is 24.3 Å². The molecule has 0 radical (unpaired) electrons. The molecule has 0 amide bonds. The van der Waals surface area contributed by atoms with E-state index in [9.17, 15) is 4.39 Å². The maximum Gasteiger partial charge on any atom is 0.123 e. The topological polar surface area (TPSA) is 38.0 Å². The number of halogens is 1. The molecule has 2 rings (SSSR count). The second-order valence-corrected chi connectivity index (χ2v) is 5.43. The Morgan fingerprint density at radius 2 is 2.11 bits per heavy atom. The van der Waals surface area contributed by atoms with Gasteiger partial charge in [0, 0.05) is 6.04 Å². The molecule has 1 atom stereocenters. The third-order valence-corrected chi connectivity index (χ3v) is 4.00. The lowest BCUT2D eigenvalue weighted by Crippen LogP contribution is -2.37. The van der Waals surface area contributed by atoms with Crippen molar-refractivity contribution in [3.8, 4) is 0 Å². The molecule has 0 saturated heterocycles. The van der Waals surface area contributed by atoms with Crippen molar-refractivity contribution in [3.05, 3.63) is 35.6 Å². The van der Waals surface area contributed by atoms with Crippen molar-refractivity contribution < 1.29 is 4.39 Å². The van der Waals surface area contributed by atoms with Crippen molar-refractivity contribution in [2.45, 2.75) is 51.0 Å². The molecule has 1 aromatic carbocycles. The van der Waals surface area contributed by atoms with Crippen LogP contribution >= 0.6 is 0 Å². The Kier molecular flexibility index (Phi) is 5.14. The Bertz CT molecular complexity index is 361. The highest BCUT2D eigenvalue weighted by Crippen LogP contribution is 2.29. The maximum atomic E-state index is 13.1. The highest BCUT2D eigenvalue weighted by Gasteiger charge is 2.17. The molecule has 1 fully saturated rings. The number of nitrogens with two attached hydrogens (primary N) is 1. The van der Waals surface area contributed by atoms with E-state index >= 15 is 0 Å². The lowest BCUT2D eigenvalue weighted by molar-refractivity contribution is 0.406. The molecule has 0 bridgehead atoms. The molecule has 1 aliphatic carbocycles. The van der Waals surface area contributed by atoms with Crippen LogP contribution < -0.4 is 11.3 Å². The average Bonchev–Trinajstić information content (AvgIpc) is 2.87. The third kappa shape index (κ3) is 4.07. The molecule has 0 heterocycles. The second-order valence-electron chi connectivity index (χ2n) is 5.43. The van der Waals surface area contributed by atoms with Gasteiger partial charge in [-0.1, -0.05) is 37.8 Å². The van der Waals surface area contributed by atoms with E-state index in [2.05, 4.69) is 5.43 Å². The predicted octanol–water partition coefficient (Wildman–Crippen LogP) is 3.17. The number of hydrogen-bond acceptors (Lipinski definition) is 2. The molecule has 2 nitrogen and oxygen atoms in total. The van der Waals surface area contributed by atoms with Gasteiger partial charge in [-0.3, -0.25) is 11.3 Å². The van der Waals surface area contributed by atoms with E-state index in [4.69, 9.17) is 5.84 Å². The van der Waals surface area contributed by atoms with Gasteiger partial charge in [-0.05, 0) is 42.9 Å². The monoisotopic (exact) mass is 250 g/mol. The fourth-order valence-electron chi connectivity index (χ4n) is 2.93. The molecule has 1 aliphatic rings. The minimum atomic E-state index is -0.168. The standard InChI is InChI=1S/C15H23FN2/c16-14-7-3-6-13(10-14)11-15(18-17)9-8-12-4-1-2-5-12/h3,6-7,10,12,15,18H,1-2,4-5,8-9,11,17H2. The molecule has 0 aliphatic heterocycles. The van der Waals surface area contributed by atoms with Crippen LogP contribution in [0.2, 0.25) is 0 Å². The summed E-state index contributed by atoms with van der Waals surface area (Å²) >= 11 is 0. The van der Waals surface area contributed by atoms with Gasteiger partial charge in [0.05, 0.1) is 0 Å². The third-order valence-electron chi connectivity index (χ3n) is 4.00. The Morgan fingerprint density at radius 3 is 2.78 bits per heavy atom. The molecule has 0 aromatic heterocycles. The summed E-state index contributed by atoms with van der Waals surface area (Å²) in [5, 5.41) is 0. The van der Waals surface area contributed by atoms with E-state index in [1.54, 1.807) is 12.1 Å². The number of benzene rings is 1. The number of hydrazine groups is 1. The first kappa shape index (κ1) is 13.5. The van der Waals surface area contributed by atoms with Gasteiger partial charge < -0.3 is 0 Å². The fraction of sp³-hybridized carbons (Fsp3) is 0.600. The van der Waals surface area contributed by atoms with Crippen molar-refractivity contribution >= 4 is 0 Å². The molecule has 1 aromatic rings. The van der Waals surface area contributed by atoms with Gasteiger partial charge in [-0.15, -0.1) is 0 Å². The molecular formula is C15H23FN2. The Balaban J connectivity index is 1.81. The summed E-state index contributed by atoms with van der Waals surface area (Å²) in [7, 11) is 0. The first-order valence-electron chi connectivity index (χ1n) is 6.98. The summed E-state index contributed by atoms with van der Waals surface area (Å²) in [6.45, 7) is 0. The van der Waals surface area contributed by atoms with Crippen LogP contribution in [0.3, 0.4) is 0 Å². The molecule has 1 saturated carbocycles. The van der Waals surface area contributed by atoms with Crippen LogP contribution in [0.15, 0.2) is 24.3 Å². The minimum Gasteiger partial charge on any atom is -0.271 e. The largest absolute Gasteiger partial charge is 0.271 e. The van der Waals surface area contributed by atoms with Crippen molar-refractivity contribution in [1.29, 1.82) is 0 Å². The summed E-state index contributed by atoms with van der Waals surface area (Å²) in [6.07, 6.45) is 8.64. The fourth-order valence-corrected chi connectivity index (χ4v) is 2.93. The van der Waals surface area contributed by atoms with Gasteiger partial charge in [0.15, 0.2) is 0 Å². The molecule has 3 heteroatoms. The van der Waals surface area contributed by atoms with Crippen LogP contribution in [0.5, 0.6) is 0 Å².